The third kappa shape index (κ3) is 6.52. The number of benzene rings is 2. The van der Waals surface area contributed by atoms with Crippen molar-refractivity contribution in [1.82, 2.24) is 0 Å². The zero-order valence-electron chi connectivity index (χ0n) is 17.9. The van der Waals surface area contributed by atoms with E-state index in [1.165, 1.54) is 11.8 Å². The minimum Gasteiger partial charge on any atom is -0.491 e. The molecule has 2 aromatic rings. The van der Waals surface area contributed by atoms with Gasteiger partial charge in [0.2, 0.25) is 11.8 Å². The molecule has 0 aliphatic rings. The molecular weight excluding hydrogens is 366 g/mol. The minimum atomic E-state index is -0.252. The van der Waals surface area contributed by atoms with E-state index in [1.807, 2.05) is 38.1 Å². The molecule has 0 spiro atoms. The summed E-state index contributed by atoms with van der Waals surface area (Å²) in [5.41, 5.74) is 2.47. The molecule has 0 saturated carbocycles. The Balaban J connectivity index is 2.03. The average Bonchev–Trinajstić information content (AvgIpc) is 2.68. The number of amides is 2. The van der Waals surface area contributed by atoms with Crippen LogP contribution in [-0.2, 0) is 9.59 Å². The lowest BCUT2D eigenvalue weighted by atomic mass is 10.2. The van der Waals surface area contributed by atoms with Gasteiger partial charge in [-0.2, -0.15) is 0 Å². The molecule has 0 fully saturated rings. The van der Waals surface area contributed by atoms with Gasteiger partial charge in [-0.25, -0.2) is 0 Å². The fourth-order valence-corrected chi connectivity index (χ4v) is 3.05. The topological polar surface area (TPSA) is 61.9 Å². The molecule has 0 aromatic heterocycles. The van der Waals surface area contributed by atoms with Crippen molar-refractivity contribution in [2.24, 2.45) is 0 Å². The molecule has 156 valence electrons. The number of rotatable bonds is 9. The fourth-order valence-electron chi connectivity index (χ4n) is 3.05. The predicted octanol–water partition coefficient (Wildman–Crippen LogP) is 4.31. The Bertz CT molecular complexity index is 797. The minimum absolute atomic E-state index is 0.0580. The first-order valence-electron chi connectivity index (χ1n) is 10.0. The average molecular weight is 398 g/mol. The van der Waals surface area contributed by atoms with Crippen molar-refractivity contribution in [3.8, 4) is 5.75 Å². The largest absolute Gasteiger partial charge is 0.491 e. The van der Waals surface area contributed by atoms with Crippen molar-refractivity contribution < 1.29 is 14.3 Å². The molecular formula is C23H31N3O3. The van der Waals surface area contributed by atoms with E-state index in [4.69, 9.17) is 4.74 Å². The first-order valence-corrected chi connectivity index (χ1v) is 10.0. The van der Waals surface area contributed by atoms with Gasteiger partial charge >= 0.3 is 0 Å². The summed E-state index contributed by atoms with van der Waals surface area (Å²) in [6.45, 7) is 11.4. The molecule has 2 rings (SSSR count). The van der Waals surface area contributed by atoms with Gasteiger partial charge in [0.25, 0.3) is 0 Å². The van der Waals surface area contributed by atoms with Crippen LogP contribution in [0.25, 0.3) is 0 Å². The van der Waals surface area contributed by atoms with Crippen molar-refractivity contribution in [2.45, 2.75) is 40.7 Å². The van der Waals surface area contributed by atoms with Crippen LogP contribution in [0.2, 0.25) is 0 Å². The van der Waals surface area contributed by atoms with Gasteiger partial charge in [-0.15, -0.1) is 0 Å². The summed E-state index contributed by atoms with van der Waals surface area (Å²) in [4.78, 5) is 28.3. The van der Waals surface area contributed by atoms with Crippen LogP contribution in [0.15, 0.2) is 48.5 Å². The Labute approximate surface area is 173 Å². The maximum Gasteiger partial charge on any atom is 0.244 e. The number of carbonyl (C=O) groups excluding carboxylic acids is 2. The number of ether oxygens (including phenoxy) is 1. The van der Waals surface area contributed by atoms with Gasteiger partial charge in [0.05, 0.1) is 6.10 Å². The standard InChI is InChI=1S/C23H31N3O3/c1-6-25(7-2)20-10-8-19(9-11-20)24-23(28)16-26(18(5)27)21-12-14-22(15-13-21)29-17(3)4/h8-15,17H,6-7,16H2,1-5H3,(H,24,28). The molecule has 1 N–H and O–H groups in total. The summed E-state index contributed by atoms with van der Waals surface area (Å²) < 4.78 is 5.63. The van der Waals surface area contributed by atoms with Gasteiger partial charge in [-0.05, 0) is 76.2 Å². The number of hydrogen-bond donors (Lipinski definition) is 1. The van der Waals surface area contributed by atoms with E-state index in [-0.39, 0.29) is 24.5 Å². The van der Waals surface area contributed by atoms with Crippen LogP contribution in [0, 0.1) is 0 Å². The highest BCUT2D eigenvalue weighted by atomic mass is 16.5. The summed E-state index contributed by atoms with van der Waals surface area (Å²) in [6.07, 6.45) is 0.0728. The van der Waals surface area contributed by atoms with E-state index >= 15 is 0 Å². The Morgan fingerprint density at radius 1 is 0.931 bits per heavy atom. The Hall–Kier alpha value is -3.02. The van der Waals surface area contributed by atoms with Crippen molar-refractivity contribution >= 4 is 28.9 Å². The van der Waals surface area contributed by atoms with E-state index in [2.05, 4.69) is 24.1 Å². The summed E-state index contributed by atoms with van der Waals surface area (Å²) in [5, 5.41) is 2.86. The number of nitrogens with one attached hydrogen (secondary N) is 1. The molecule has 0 radical (unpaired) electrons. The van der Waals surface area contributed by atoms with Gasteiger partial charge in [0.1, 0.15) is 12.3 Å². The van der Waals surface area contributed by atoms with Crippen molar-refractivity contribution in [3.63, 3.8) is 0 Å². The van der Waals surface area contributed by atoms with Gasteiger partial charge in [-0.1, -0.05) is 0 Å². The van der Waals surface area contributed by atoms with E-state index < -0.39 is 0 Å². The van der Waals surface area contributed by atoms with E-state index in [1.54, 1.807) is 24.3 Å². The van der Waals surface area contributed by atoms with E-state index in [0.29, 0.717) is 11.4 Å². The maximum absolute atomic E-state index is 12.5. The highest BCUT2D eigenvalue weighted by Gasteiger charge is 2.16. The van der Waals surface area contributed by atoms with Crippen LogP contribution >= 0.6 is 0 Å². The van der Waals surface area contributed by atoms with Crippen LogP contribution in [0.1, 0.15) is 34.6 Å². The molecule has 6 heteroatoms. The van der Waals surface area contributed by atoms with Gasteiger partial charge in [-0.3, -0.25) is 9.59 Å². The van der Waals surface area contributed by atoms with E-state index in [0.717, 1.165) is 24.5 Å². The number of anilines is 3. The number of carbonyl (C=O) groups is 2. The summed E-state index contributed by atoms with van der Waals surface area (Å²) in [7, 11) is 0. The number of hydrogen-bond acceptors (Lipinski definition) is 4. The Morgan fingerprint density at radius 2 is 1.48 bits per heavy atom. The normalized spacial score (nSPS) is 10.6. The highest BCUT2D eigenvalue weighted by Crippen LogP contribution is 2.21. The molecule has 0 aliphatic heterocycles. The zero-order chi connectivity index (χ0) is 21.4. The summed E-state index contributed by atoms with van der Waals surface area (Å²) in [5.74, 6) is 0.276. The monoisotopic (exact) mass is 397 g/mol. The molecule has 0 bridgehead atoms. The van der Waals surface area contributed by atoms with Crippen LogP contribution < -0.4 is 19.9 Å². The smallest absolute Gasteiger partial charge is 0.244 e. The SMILES string of the molecule is CCN(CC)c1ccc(NC(=O)CN(C(C)=O)c2ccc(OC(C)C)cc2)cc1. The van der Waals surface area contributed by atoms with Gasteiger partial charge in [0, 0.05) is 37.1 Å². The maximum atomic E-state index is 12.5. The molecule has 2 amide bonds. The van der Waals surface area contributed by atoms with Crippen LogP contribution in [-0.4, -0.2) is 37.6 Å². The second-order valence-corrected chi connectivity index (χ2v) is 7.03. The lowest BCUT2D eigenvalue weighted by molar-refractivity contribution is -0.120. The van der Waals surface area contributed by atoms with Crippen molar-refractivity contribution in [2.75, 3.05) is 34.8 Å². The van der Waals surface area contributed by atoms with Crippen molar-refractivity contribution in [3.05, 3.63) is 48.5 Å². The third-order valence-corrected chi connectivity index (χ3v) is 4.48. The molecule has 29 heavy (non-hydrogen) atoms. The first-order chi connectivity index (χ1) is 13.8. The quantitative estimate of drug-likeness (QED) is 0.685. The van der Waals surface area contributed by atoms with Crippen LogP contribution in [0.4, 0.5) is 17.1 Å². The van der Waals surface area contributed by atoms with Crippen LogP contribution in [0.5, 0.6) is 5.75 Å². The predicted molar refractivity (Wildman–Crippen MR) is 119 cm³/mol. The Kier molecular flexibility index (Phi) is 8.07. The molecule has 0 heterocycles. The first kappa shape index (κ1) is 22.3. The van der Waals surface area contributed by atoms with Crippen LogP contribution in [0.3, 0.4) is 0 Å². The molecule has 0 saturated heterocycles. The second-order valence-electron chi connectivity index (χ2n) is 7.03. The summed E-state index contributed by atoms with van der Waals surface area (Å²) in [6, 6.07) is 14.9. The van der Waals surface area contributed by atoms with Gasteiger partial charge < -0.3 is 19.9 Å². The Morgan fingerprint density at radius 3 is 1.97 bits per heavy atom. The molecule has 0 atom stereocenters. The molecule has 2 aromatic carbocycles. The lowest BCUT2D eigenvalue weighted by Crippen LogP contribution is -2.36. The molecule has 6 nitrogen and oxygen atoms in total. The fraction of sp³-hybridized carbons (Fsp3) is 0.391. The van der Waals surface area contributed by atoms with Crippen molar-refractivity contribution in [1.29, 1.82) is 0 Å². The third-order valence-electron chi connectivity index (χ3n) is 4.48. The van der Waals surface area contributed by atoms with E-state index in [9.17, 15) is 9.59 Å². The molecule has 0 aliphatic carbocycles. The van der Waals surface area contributed by atoms with Gasteiger partial charge in [0.15, 0.2) is 0 Å². The zero-order valence-corrected chi connectivity index (χ0v) is 17.9. The summed E-state index contributed by atoms with van der Waals surface area (Å²) >= 11 is 0. The second kappa shape index (κ2) is 10.5. The highest BCUT2D eigenvalue weighted by molar-refractivity contribution is 6.01. The number of nitrogens with zero attached hydrogens (tertiary/aromatic N) is 2. The molecule has 0 unspecified atom stereocenters. The lowest BCUT2D eigenvalue weighted by Gasteiger charge is -2.22.